The molecule has 1 saturated carbocycles. The highest BCUT2D eigenvalue weighted by Crippen LogP contribution is 2.40. The molecule has 4 rings (SSSR count). The number of thiophene rings is 1. The highest BCUT2D eigenvalue weighted by atomic mass is 32.1. The van der Waals surface area contributed by atoms with Gasteiger partial charge in [0, 0.05) is 38.0 Å². The maximum absolute atomic E-state index is 13.6. The fraction of sp³-hybridized carbons (Fsp3) is 0.526. The Morgan fingerprint density at radius 1 is 1.33 bits per heavy atom. The largest absolute Gasteiger partial charge is 0.472 e. The zero-order valence-electron chi connectivity index (χ0n) is 16.2. The van der Waals surface area contributed by atoms with E-state index in [0.717, 1.165) is 30.2 Å². The lowest BCUT2D eigenvalue weighted by molar-refractivity contribution is -0.136. The van der Waals surface area contributed by atoms with Crippen LogP contribution < -0.4 is 15.4 Å². The summed E-state index contributed by atoms with van der Waals surface area (Å²) < 4.78 is 46.4. The summed E-state index contributed by atoms with van der Waals surface area (Å²) in [5.41, 5.74) is -0.859. The number of halogens is 3. The second-order valence-electron chi connectivity index (χ2n) is 7.52. The van der Waals surface area contributed by atoms with Crippen LogP contribution >= 0.6 is 11.3 Å². The molecule has 2 aliphatic rings. The number of hydrogen-bond acceptors (Lipinski definition) is 5. The average molecular weight is 442 g/mol. The van der Waals surface area contributed by atoms with Gasteiger partial charge in [-0.3, -0.25) is 4.79 Å². The number of carbonyl (C=O) groups excluding carboxylic acids is 2. The third-order valence-electron chi connectivity index (χ3n) is 5.23. The van der Waals surface area contributed by atoms with Crippen LogP contribution in [-0.4, -0.2) is 54.6 Å². The highest BCUT2D eigenvalue weighted by molar-refractivity contribution is 7.17. The molecule has 2 fully saturated rings. The Hall–Kier alpha value is -2.56. The summed E-state index contributed by atoms with van der Waals surface area (Å²) in [6.45, 7) is 1.37. The van der Waals surface area contributed by atoms with Gasteiger partial charge in [0.15, 0.2) is 0 Å². The van der Waals surface area contributed by atoms with E-state index < -0.39 is 23.8 Å². The molecule has 11 heteroatoms. The lowest BCUT2D eigenvalue weighted by Crippen LogP contribution is -2.40. The number of carbonyl (C=O) groups is 2. The van der Waals surface area contributed by atoms with Gasteiger partial charge in [-0.15, -0.1) is 11.3 Å². The number of alkyl halides is 3. The normalized spacial score (nSPS) is 19.2. The molecule has 1 saturated heterocycles. The van der Waals surface area contributed by atoms with Crippen LogP contribution in [0.4, 0.5) is 18.0 Å². The first kappa shape index (κ1) is 20.7. The van der Waals surface area contributed by atoms with E-state index in [1.165, 1.54) is 12.4 Å². The van der Waals surface area contributed by atoms with E-state index in [-0.39, 0.29) is 34.2 Å². The highest BCUT2D eigenvalue weighted by Gasteiger charge is 2.36. The van der Waals surface area contributed by atoms with Crippen LogP contribution in [0.15, 0.2) is 11.4 Å². The first-order valence-electron chi connectivity index (χ1n) is 9.67. The summed E-state index contributed by atoms with van der Waals surface area (Å²) in [4.78, 5) is 30.0. The minimum atomic E-state index is -4.62. The Kier molecular flexibility index (Phi) is 5.48. The van der Waals surface area contributed by atoms with Crippen molar-refractivity contribution in [2.75, 3.05) is 26.7 Å². The molecule has 0 spiro atoms. The van der Waals surface area contributed by atoms with Crippen LogP contribution in [0.25, 0.3) is 10.2 Å². The Balaban J connectivity index is 1.53. The third-order valence-corrected chi connectivity index (χ3v) is 6.24. The summed E-state index contributed by atoms with van der Waals surface area (Å²) in [5, 5.41) is 6.64. The van der Waals surface area contributed by atoms with Crippen molar-refractivity contribution in [2.45, 2.75) is 31.5 Å². The number of urea groups is 1. The second kappa shape index (κ2) is 7.93. The molecule has 162 valence electrons. The molecule has 1 aliphatic heterocycles. The number of nitrogens with zero attached hydrogens (tertiary/aromatic N) is 2. The summed E-state index contributed by atoms with van der Waals surface area (Å²) in [6.07, 6.45) is -2.34. The molecular weight excluding hydrogens is 421 g/mol. The van der Waals surface area contributed by atoms with Crippen molar-refractivity contribution in [1.82, 2.24) is 20.5 Å². The maximum Gasteiger partial charge on any atom is 0.418 e. The van der Waals surface area contributed by atoms with Crippen molar-refractivity contribution in [3.8, 4) is 5.88 Å². The van der Waals surface area contributed by atoms with E-state index in [4.69, 9.17) is 4.74 Å². The molecule has 0 bridgehead atoms. The van der Waals surface area contributed by atoms with E-state index in [1.54, 1.807) is 4.90 Å². The van der Waals surface area contributed by atoms with Gasteiger partial charge in [0.1, 0.15) is 6.10 Å². The topological polar surface area (TPSA) is 83.6 Å². The number of rotatable bonds is 5. The minimum Gasteiger partial charge on any atom is -0.472 e. The molecule has 7 nitrogen and oxygen atoms in total. The van der Waals surface area contributed by atoms with E-state index in [2.05, 4.69) is 15.6 Å². The summed E-state index contributed by atoms with van der Waals surface area (Å²) in [5.74, 6) is -0.164. The molecule has 2 N–H and O–H groups in total. The fourth-order valence-electron chi connectivity index (χ4n) is 3.40. The van der Waals surface area contributed by atoms with Crippen LogP contribution in [0.1, 0.15) is 35.2 Å². The Bertz CT molecular complexity index is 974. The third kappa shape index (κ3) is 4.30. The first-order chi connectivity index (χ1) is 14.3. The van der Waals surface area contributed by atoms with Crippen molar-refractivity contribution in [1.29, 1.82) is 0 Å². The maximum atomic E-state index is 13.6. The van der Waals surface area contributed by atoms with Crippen molar-refractivity contribution in [3.05, 3.63) is 22.6 Å². The molecule has 0 aromatic carbocycles. The van der Waals surface area contributed by atoms with Crippen molar-refractivity contribution < 1.29 is 27.5 Å². The van der Waals surface area contributed by atoms with Gasteiger partial charge in [0.25, 0.3) is 5.91 Å². The zero-order valence-corrected chi connectivity index (χ0v) is 17.0. The molecular formula is C19H21F3N4O3S. The van der Waals surface area contributed by atoms with Crippen LogP contribution in [0, 0.1) is 5.92 Å². The SMILES string of the molecule is CNC(=O)c1csc2c(C(F)(F)F)cc(O[C@H]3CCN(C(=O)NCC4CC4)C3)nc12. The molecule has 0 unspecified atom stereocenters. The van der Waals surface area contributed by atoms with Crippen LogP contribution in [0.5, 0.6) is 5.88 Å². The number of likely N-dealkylation sites (tertiary alicyclic amines) is 1. The number of aromatic nitrogens is 1. The molecule has 2 aromatic heterocycles. The average Bonchev–Trinajstić information content (AvgIpc) is 3.25. The van der Waals surface area contributed by atoms with Crippen LogP contribution in [0.3, 0.4) is 0 Å². The van der Waals surface area contributed by atoms with Gasteiger partial charge >= 0.3 is 12.2 Å². The Morgan fingerprint density at radius 2 is 2.10 bits per heavy atom. The standard InChI is InChI=1S/C19H21F3N4O3S/c1-23-17(27)12-9-30-16-13(19(20,21)22)6-14(25-15(12)16)29-11-4-5-26(8-11)18(28)24-7-10-2-3-10/h6,9-11H,2-5,7-8H2,1H3,(H,23,27)(H,24,28)/t11-/m0/s1. The van der Waals surface area contributed by atoms with Gasteiger partial charge in [0.2, 0.25) is 5.88 Å². The number of hydrogen-bond donors (Lipinski definition) is 2. The predicted molar refractivity (Wildman–Crippen MR) is 105 cm³/mol. The first-order valence-corrected chi connectivity index (χ1v) is 10.5. The predicted octanol–water partition coefficient (Wildman–Crippen LogP) is 3.25. The Morgan fingerprint density at radius 3 is 2.77 bits per heavy atom. The number of pyridine rings is 1. The molecule has 2 aromatic rings. The summed E-state index contributed by atoms with van der Waals surface area (Å²) in [7, 11) is 1.40. The van der Waals surface area contributed by atoms with E-state index in [1.807, 2.05) is 0 Å². The van der Waals surface area contributed by atoms with Gasteiger partial charge < -0.3 is 20.3 Å². The lowest BCUT2D eigenvalue weighted by atomic mass is 10.2. The van der Waals surface area contributed by atoms with Gasteiger partial charge in [-0.1, -0.05) is 0 Å². The molecule has 3 heterocycles. The van der Waals surface area contributed by atoms with Crippen molar-refractivity contribution in [2.24, 2.45) is 5.92 Å². The quantitative estimate of drug-likeness (QED) is 0.745. The number of ether oxygens (including phenoxy) is 1. The summed E-state index contributed by atoms with van der Waals surface area (Å²) >= 11 is 0.820. The molecule has 1 atom stereocenters. The van der Waals surface area contributed by atoms with Crippen molar-refractivity contribution >= 4 is 33.5 Å². The van der Waals surface area contributed by atoms with Gasteiger partial charge in [-0.2, -0.15) is 13.2 Å². The van der Waals surface area contributed by atoms with E-state index in [9.17, 15) is 22.8 Å². The second-order valence-corrected chi connectivity index (χ2v) is 8.40. The van der Waals surface area contributed by atoms with E-state index >= 15 is 0 Å². The fourth-order valence-corrected chi connectivity index (χ4v) is 4.42. The molecule has 0 radical (unpaired) electrons. The van der Waals surface area contributed by atoms with Crippen molar-refractivity contribution in [3.63, 3.8) is 0 Å². The molecule has 30 heavy (non-hydrogen) atoms. The number of fused-ring (bicyclic) bond motifs is 1. The van der Waals surface area contributed by atoms with Gasteiger partial charge in [-0.25, -0.2) is 9.78 Å². The zero-order chi connectivity index (χ0) is 21.5. The van der Waals surface area contributed by atoms with Crippen LogP contribution in [0.2, 0.25) is 0 Å². The monoisotopic (exact) mass is 442 g/mol. The number of nitrogens with one attached hydrogen (secondary N) is 2. The smallest absolute Gasteiger partial charge is 0.418 e. The van der Waals surface area contributed by atoms with Gasteiger partial charge in [0.05, 0.1) is 27.9 Å². The van der Waals surface area contributed by atoms with E-state index in [0.29, 0.717) is 25.4 Å². The Labute approximate surface area is 174 Å². The molecule has 3 amide bonds. The molecule has 1 aliphatic carbocycles. The lowest BCUT2D eigenvalue weighted by Gasteiger charge is -2.18. The van der Waals surface area contributed by atoms with Gasteiger partial charge in [-0.05, 0) is 18.8 Å². The number of amides is 3. The van der Waals surface area contributed by atoms with Crippen LogP contribution in [-0.2, 0) is 6.18 Å². The minimum absolute atomic E-state index is 0.0406. The summed E-state index contributed by atoms with van der Waals surface area (Å²) in [6, 6.07) is 0.676.